The van der Waals surface area contributed by atoms with Crippen LogP contribution in [0.25, 0.3) is 0 Å². The molecule has 0 spiro atoms. The standard InChI is InChI=1S/C19H25BrF4N2/c20-19(23,24)18(21,22)9-12-25-10-4-11-26(14-13-25)17-8-3-6-15-5-1-2-7-16(15)17/h1-2,5,7,17H,3-4,6,8-14H2. The molecule has 0 bridgehead atoms. The summed E-state index contributed by atoms with van der Waals surface area (Å²) in [4.78, 5) is 0.181. The monoisotopic (exact) mass is 436 g/mol. The van der Waals surface area contributed by atoms with E-state index in [0.717, 1.165) is 38.8 Å². The summed E-state index contributed by atoms with van der Waals surface area (Å²) < 4.78 is 52.8. The summed E-state index contributed by atoms with van der Waals surface area (Å²) in [5.74, 6) is -4.03. The van der Waals surface area contributed by atoms with Gasteiger partial charge in [0.25, 0.3) is 0 Å². The third kappa shape index (κ3) is 4.60. The Balaban J connectivity index is 1.58. The van der Waals surface area contributed by atoms with Crippen LogP contribution in [0.3, 0.4) is 0 Å². The van der Waals surface area contributed by atoms with Gasteiger partial charge in [-0.25, -0.2) is 0 Å². The minimum Gasteiger partial charge on any atom is -0.302 e. The maximum atomic E-state index is 13.5. The van der Waals surface area contributed by atoms with Crippen molar-refractivity contribution < 1.29 is 17.6 Å². The van der Waals surface area contributed by atoms with Gasteiger partial charge in [-0.2, -0.15) is 17.6 Å². The predicted molar refractivity (Wildman–Crippen MR) is 98.2 cm³/mol. The van der Waals surface area contributed by atoms with Gasteiger partial charge in [0.2, 0.25) is 0 Å². The normalized spacial score (nSPS) is 23.5. The van der Waals surface area contributed by atoms with Gasteiger partial charge in [-0.1, -0.05) is 24.3 Å². The van der Waals surface area contributed by atoms with E-state index < -0.39 is 17.2 Å². The van der Waals surface area contributed by atoms with Gasteiger partial charge in [-0.3, -0.25) is 4.90 Å². The van der Waals surface area contributed by atoms with Crippen molar-refractivity contribution in [2.45, 2.75) is 48.9 Å². The number of benzene rings is 1. The number of aryl methyl sites for hydroxylation is 1. The zero-order valence-corrected chi connectivity index (χ0v) is 16.3. The summed E-state index contributed by atoms with van der Waals surface area (Å²) >= 11 is 1.81. The van der Waals surface area contributed by atoms with Crippen LogP contribution < -0.4 is 0 Å². The highest BCUT2D eigenvalue weighted by Gasteiger charge is 2.53. The van der Waals surface area contributed by atoms with Crippen molar-refractivity contribution in [2.24, 2.45) is 0 Å². The molecule has 1 fully saturated rings. The van der Waals surface area contributed by atoms with Crippen LogP contribution in [-0.4, -0.2) is 53.3 Å². The van der Waals surface area contributed by atoms with Gasteiger partial charge < -0.3 is 4.90 Å². The first-order valence-electron chi connectivity index (χ1n) is 9.27. The van der Waals surface area contributed by atoms with Crippen LogP contribution in [-0.2, 0) is 6.42 Å². The fraction of sp³-hybridized carbons (Fsp3) is 0.684. The van der Waals surface area contributed by atoms with E-state index in [1.54, 1.807) is 0 Å². The molecule has 3 rings (SSSR count). The molecule has 0 amide bonds. The van der Waals surface area contributed by atoms with E-state index >= 15 is 0 Å². The molecule has 2 nitrogen and oxygen atoms in total. The Morgan fingerprint density at radius 1 is 1.00 bits per heavy atom. The molecule has 1 unspecified atom stereocenters. The van der Waals surface area contributed by atoms with Gasteiger partial charge in [-0.15, -0.1) is 0 Å². The molecule has 146 valence electrons. The van der Waals surface area contributed by atoms with Crippen LogP contribution in [0.2, 0.25) is 0 Å². The Hall–Kier alpha value is -0.660. The molecule has 1 aromatic rings. The molecule has 0 saturated carbocycles. The Kier molecular flexibility index (Phi) is 6.29. The van der Waals surface area contributed by atoms with E-state index in [0.29, 0.717) is 19.1 Å². The lowest BCUT2D eigenvalue weighted by Gasteiger charge is -2.35. The minimum absolute atomic E-state index is 0.0106. The van der Waals surface area contributed by atoms with Crippen molar-refractivity contribution in [3.63, 3.8) is 0 Å². The Morgan fingerprint density at radius 3 is 2.54 bits per heavy atom. The topological polar surface area (TPSA) is 6.48 Å². The van der Waals surface area contributed by atoms with E-state index in [1.807, 2.05) is 20.8 Å². The summed E-state index contributed by atoms with van der Waals surface area (Å²) in [6.07, 6.45) is 3.42. The second kappa shape index (κ2) is 8.15. The van der Waals surface area contributed by atoms with Crippen LogP contribution in [0.4, 0.5) is 17.6 Å². The largest absolute Gasteiger partial charge is 0.363 e. The van der Waals surface area contributed by atoms with E-state index in [4.69, 9.17) is 0 Å². The first kappa shape index (κ1) is 20.1. The SMILES string of the molecule is FC(F)(Br)C(F)(F)CCN1CCCN(C2CCCc3ccccc32)CC1. The molecule has 1 aliphatic heterocycles. The van der Waals surface area contributed by atoms with E-state index in [-0.39, 0.29) is 6.54 Å². The number of rotatable bonds is 5. The molecular formula is C19H25BrF4N2. The summed E-state index contributed by atoms with van der Waals surface area (Å²) in [6, 6.07) is 8.91. The van der Waals surface area contributed by atoms with Crippen LogP contribution in [0.5, 0.6) is 0 Å². The Bertz CT molecular complexity index is 605. The van der Waals surface area contributed by atoms with Crippen molar-refractivity contribution in [1.82, 2.24) is 9.80 Å². The van der Waals surface area contributed by atoms with Gasteiger partial charge in [0, 0.05) is 38.6 Å². The molecule has 1 atom stereocenters. The molecule has 0 N–H and O–H groups in total. The smallest absolute Gasteiger partial charge is 0.302 e. The molecular weight excluding hydrogens is 412 g/mol. The summed E-state index contributed by atoms with van der Waals surface area (Å²) in [7, 11) is 0. The summed E-state index contributed by atoms with van der Waals surface area (Å²) in [5, 5.41) is 0. The van der Waals surface area contributed by atoms with Crippen molar-refractivity contribution in [3.8, 4) is 0 Å². The Labute approximate surface area is 160 Å². The van der Waals surface area contributed by atoms with Crippen LogP contribution in [0.15, 0.2) is 24.3 Å². The molecule has 1 heterocycles. The fourth-order valence-corrected chi connectivity index (χ4v) is 4.27. The quantitative estimate of drug-likeness (QED) is 0.468. The number of halogens is 5. The summed E-state index contributed by atoms with van der Waals surface area (Å²) in [6.45, 7) is 3.01. The number of hydrogen-bond acceptors (Lipinski definition) is 2. The lowest BCUT2D eigenvalue weighted by Crippen LogP contribution is -2.40. The maximum Gasteiger partial charge on any atom is 0.363 e. The zero-order chi connectivity index (χ0) is 18.8. The van der Waals surface area contributed by atoms with Crippen LogP contribution >= 0.6 is 15.9 Å². The minimum atomic E-state index is -4.15. The van der Waals surface area contributed by atoms with E-state index in [1.165, 1.54) is 11.1 Å². The predicted octanol–water partition coefficient (Wildman–Crippen LogP) is 5.08. The molecule has 0 aromatic heterocycles. The van der Waals surface area contributed by atoms with Gasteiger partial charge in [0.15, 0.2) is 0 Å². The van der Waals surface area contributed by atoms with Crippen molar-refractivity contribution in [1.29, 1.82) is 0 Å². The molecule has 1 aliphatic carbocycles. The average molecular weight is 437 g/mol. The fourth-order valence-electron chi connectivity index (χ4n) is 4.07. The van der Waals surface area contributed by atoms with Crippen molar-refractivity contribution in [3.05, 3.63) is 35.4 Å². The molecule has 7 heteroatoms. The molecule has 1 aromatic carbocycles. The number of nitrogens with zero attached hydrogens (tertiary/aromatic N) is 2. The van der Waals surface area contributed by atoms with Gasteiger partial charge in [0.1, 0.15) is 0 Å². The zero-order valence-electron chi connectivity index (χ0n) is 14.7. The third-order valence-corrected chi connectivity index (χ3v) is 6.14. The lowest BCUT2D eigenvalue weighted by atomic mass is 9.87. The van der Waals surface area contributed by atoms with Gasteiger partial charge in [0.05, 0.1) is 0 Å². The first-order valence-corrected chi connectivity index (χ1v) is 10.1. The highest BCUT2D eigenvalue weighted by Crippen LogP contribution is 2.42. The van der Waals surface area contributed by atoms with Crippen molar-refractivity contribution >= 4 is 15.9 Å². The second-order valence-corrected chi connectivity index (χ2v) is 8.29. The lowest BCUT2D eigenvalue weighted by molar-refractivity contribution is -0.153. The van der Waals surface area contributed by atoms with Crippen LogP contribution in [0, 0.1) is 0 Å². The maximum absolute atomic E-state index is 13.5. The molecule has 1 saturated heterocycles. The second-order valence-electron chi connectivity index (χ2n) is 7.29. The van der Waals surface area contributed by atoms with Gasteiger partial charge >= 0.3 is 10.8 Å². The van der Waals surface area contributed by atoms with Crippen LogP contribution in [0.1, 0.15) is 42.9 Å². The Morgan fingerprint density at radius 2 is 1.77 bits per heavy atom. The summed E-state index contributed by atoms with van der Waals surface area (Å²) in [5.41, 5.74) is 2.79. The van der Waals surface area contributed by atoms with Crippen molar-refractivity contribution in [2.75, 3.05) is 32.7 Å². The number of hydrogen-bond donors (Lipinski definition) is 0. The number of alkyl halides is 5. The highest BCUT2D eigenvalue weighted by molar-refractivity contribution is 9.10. The van der Waals surface area contributed by atoms with E-state index in [9.17, 15) is 17.6 Å². The third-order valence-electron chi connectivity index (χ3n) is 5.56. The number of fused-ring (bicyclic) bond motifs is 1. The molecule has 0 radical (unpaired) electrons. The molecule has 26 heavy (non-hydrogen) atoms. The van der Waals surface area contributed by atoms with Gasteiger partial charge in [-0.05, 0) is 59.3 Å². The highest BCUT2D eigenvalue weighted by atomic mass is 79.9. The van der Waals surface area contributed by atoms with E-state index in [2.05, 4.69) is 29.2 Å². The first-order chi connectivity index (χ1) is 12.3. The average Bonchev–Trinajstić information content (AvgIpc) is 2.84. The molecule has 2 aliphatic rings.